The molecule has 0 bridgehead atoms. The first-order chi connectivity index (χ1) is 9.10. The monoisotopic (exact) mass is 260 g/mol. The van der Waals surface area contributed by atoms with E-state index in [-0.39, 0.29) is 11.9 Å². The quantitative estimate of drug-likeness (QED) is 0.826. The highest BCUT2D eigenvalue weighted by Gasteiger charge is 2.46. The van der Waals surface area contributed by atoms with Crippen molar-refractivity contribution in [3.63, 3.8) is 0 Å². The third kappa shape index (κ3) is 3.16. The number of carbonyl (C=O) groups is 1. The first-order valence-electron chi connectivity index (χ1n) is 7.25. The number of carbonyl (C=O) groups excluding carboxylic acids is 1. The Balaban J connectivity index is 2.17. The predicted octanol–water partition coefficient (Wildman–Crippen LogP) is 2.77. The molecule has 1 atom stereocenters. The van der Waals surface area contributed by atoms with Crippen LogP contribution in [0.2, 0.25) is 0 Å². The molecule has 2 rings (SSSR count). The van der Waals surface area contributed by atoms with Gasteiger partial charge in [0.15, 0.2) is 0 Å². The largest absolute Gasteiger partial charge is 0.347 e. The van der Waals surface area contributed by atoms with Crippen LogP contribution < -0.4 is 11.1 Å². The van der Waals surface area contributed by atoms with Crippen LogP contribution in [0.3, 0.4) is 0 Å². The number of nitrogens with one attached hydrogen (secondary N) is 1. The first-order valence-corrected chi connectivity index (χ1v) is 7.25. The molecule has 0 spiro atoms. The van der Waals surface area contributed by atoms with Crippen LogP contribution >= 0.6 is 0 Å². The Labute approximate surface area is 115 Å². The molecule has 104 valence electrons. The first kappa shape index (κ1) is 14.1. The minimum Gasteiger partial charge on any atom is -0.347 e. The van der Waals surface area contributed by atoms with Crippen molar-refractivity contribution in [3.05, 3.63) is 35.9 Å². The summed E-state index contributed by atoms with van der Waals surface area (Å²) in [4.78, 5) is 12.2. The zero-order valence-electron chi connectivity index (χ0n) is 11.9. The number of benzene rings is 1. The van der Waals surface area contributed by atoms with Crippen LogP contribution in [0.15, 0.2) is 30.3 Å². The highest BCUT2D eigenvalue weighted by Crippen LogP contribution is 2.34. The van der Waals surface area contributed by atoms with Gasteiger partial charge in [0.05, 0.1) is 11.6 Å². The average Bonchev–Trinajstić information content (AvgIpc) is 3.19. The molecule has 3 N–H and O–H groups in total. The van der Waals surface area contributed by atoms with E-state index in [0.29, 0.717) is 5.92 Å². The van der Waals surface area contributed by atoms with Gasteiger partial charge in [0, 0.05) is 0 Å². The minimum atomic E-state index is -0.598. The molecule has 19 heavy (non-hydrogen) atoms. The van der Waals surface area contributed by atoms with Crippen molar-refractivity contribution < 1.29 is 4.79 Å². The number of nitrogens with two attached hydrogens (primary N) is 1. The molecule has 1 amide bonds. The van der Waals surface area contributed by atoms with Crippen molar-refractivity contribution in [2.45, 2.75) is 51.1 Å². The maximum atomic E-state index is 12.2. The molecular formula is C16H24N2O. The van der Waals surface area contributed by atoms with E-state index in [9.17, 15) is 4.79 Å². The van der Waals surface area contributed by atoms with Crippen molar-refractivity contribution in [2.75, 3.05) is 0 Å². The molecule has 1 aromatic rings. The van der Waals surface area contributed by atoms with Gasteiger partial charge in [-0.25, -0.2) is 0 Å². The Hall–Kier alpha value is -1.35. The van der Waals surface area contributed by atoms with Gasteiger partial charge >= 0.3 is 0 Å². The van der Waals surface area contributed by atoms with Crippen molar-refractivity contribution in [1.82, 2.24) is 5.32 Å². The van der Waals surface area contributed by atoms with E-state index in [1.807, 2.05) is 18.2 Å². The molecule has 0 aromatic heterocycles. The lowest BCUT2D eigenvalue weighted by atomic mass is 9.88. The summed E-state index contributed by atoms with van der Waals surface area (Å²) in [6.45, 7) is 4.34. The summed E-state index contributed by atoms with van der Waals surface area (Å²) in [6, 6.07) is 10.3. The maximum Gasteiger partial charge on any atom is 0.240 e. The van der Waals surface area contributed by atoms with Crippen LogP contribution in [0, 0.1) is 5.92 Å². The Morgan fingerprint density at radius 1 is 1.26 bits per heavy atom. The summed E-state index contributed by atoms with van der Waals surface area (Å²) >= 11 is 0. The zero-order chi connectivity index (χ0) is 13.9. The van der Waals surface area contributed by atoms with Gasteiger partial charge in [0.2, 0.25) is 5.91 Å². The van der Waals surface area contributed by atoms with Crippen LogP contribution in [0.5, 0.6) is 0 Å². The van der Waals surface area contributed by atoms with Crippen molar-refractivity contribution >= 4 is 5.91 Å². The van der Waals surface area contributed by atoms with Gasteiger partial charge in [0.25, 0.3) is 0 Å². The number of amides is 1. The van der Waals surface area contributed by atoms with Gasteiger partial charge in [-0.15, -0.1) is 0 Å². The molecule has 1 fully saturated rings. The van der Waals surface area contributed by atoms with Crippen LogP contribution in [-0.4, -0.2) is 11.4 Å². The summed E-state index contributed by atoms with van der Waals surface area (Å²) in [6.07, 6.45) is 3.72. The molecule has 1 unspecified atom stereocenters. The summed E-state index contributed by atoms with van der Waals surface area (Å²) < 4.78 is 0. The third-order valence-electron chi connectivity index (χ3n) is 4.21. The molecule has 3 nitrogen and oxygen atoms in total. The summed E-state index contributed by atoms with van der Waals surface area (Å²) in [5.41, 5.74) is 6.56. The molecule has 0 aliphatic heterocycles. The Bertz CT molecular complexity index is 422. The van der Waals surface area contributed by atoms with Gasteiger partial charge in [-0.2, -0.15) is 0 Å². The van der Waals surface area contributed by atoms with Crippen LogP contribution in [0.4, 0.5) is 0 Å². The third-order valence-corrected chi connectivity index (χ3v) is 4.21. The van der Waals surface area contributed by atoms with Gasteiger partial charge in [-0.05, 0) is 24.3 Å². The lowest BCUT2D eigenvalue weighted by molar-refractivity contribution is -0.124. The van der Waals surface area contributed by atoms with E-state index in [2.05, 4.69) is 31.3 Å². The normalized spacial score (nSPS) is 18.1. The summed E-state index contributed by atoms with van der Waals surface area (Å²) in [5.74, 6) is 0.460. The van der Waals surface area contributed by atoms with E-state index in [1.54, 1.807) is 0 Å². The van der Waals surface area contributed by atoms with E-state index < -0.39 is 5.54 Å². The lowest BCUT2D eigenvalue weighted by Crippen LogP contribution is -2.45. The smallest absolute Gasteiger partial charge is 0.240 e. The molecule has 0 radical (unpaired) electrons. The maximum absolute atomic E-state index is 12.2. The van der Waals surface area contributed by atoms with E-state index in [4.69, 9.17) is 5.73 Å². The number of hydrogen-bond donors (Lipinski definition) is 2. The highest BCUT2D eigenvalue weighted by atomic mass is 16.2. The Morgan fingerprint density at radius 2 is 1.84 bits per heavy atom. The average molecular weight is 260 g/mol. The SMILES string of the molecule is CCC(CC)C(NC(=O)C1(N)CC1)c1ccccc1. The predicted molar refractivity (Wildman–Crippen MR) is 77.6 cm³/mol. The van der Waals surface area contributed by atoms with E-state index >= 15 is 0 Å². The van der Waals surface area contributed by atoms with Crippen LogP contribution in [-0.2, 0) is 4.79 Å². The standard InChI is InChI=1S/C16H24N2O/c1-3-12(4-2)14(13-8-6-5-7-9-13)18-15(19)16(17)10-11-16/h5-9,12,14H,3-4,10-11,17H2,1-2H3,(H,18,19). The molecule has 0 heterocycles. The molecule has 1 aromatic carbocycles. The second-order valence-electron chi connectivity index (χ2n) is 5.59. The van der Waals surface area contributed by atoms with Crippen LogP contribution in [0.25, 0.3) is 0 Å². The van der Waals surface area contributed by atoms with Gasteiger partial charge < -0.3 is 11.1 Å². The second kappa shape index (κ2) is 5.74. The zero-order valence-corrected chi connectivity index (χ0v) is 11.9. The minimum absolute atomic E-state index is 0.00764. The molecule has 1 aliphatic carbocycles. The van der Waals surface area contributed by atoms with Crippen molar-refractivity contribution in [2.24, 2.45) is 11.7 Å². The fourth-order valence-corrected chi connectivity index (χ4v) is 2.54. The van der Waals surface area contributed by atoms with Crippen molar-refractivity contribution in [1.29, 1.82) is 0 Å². The van der Waals surface area contributed by atoms with E-state index in [1.165, 1.54) is 5.56 Å². The molecular weight excluding hydrogens is 236 g/mol. The Morgan fingerprint density at radius 3 is 2.32 bits per heavy atom. The molecule has 0 saturated heterocycles. The highest BCUT2D eigenvalue weighted by molar-refractivity contribution is 5.89. The summed E-state index contributed by atoms with van der Waals surface area (Å²) in [5, 5.41) is 3.17. The van der Waals surface area contributed by atoms with Crippen molar-refractivity contribution in [3.8, 4) is 0 Å². The topological polar surface area (TPSA) is 55.1 Å². The van der Waals surface area contributed by atoms with Gasteiger partial charge in [-0.1, -0.05) is 57.0 Å². The lowest BCUT2D eigenvalue weighted by Gasteiger charge is -2.28. The molecule has 1 aliphatic rings. The van der Waals surface area contributed by atoms with Gasteiger partial charge in [-0.3, -0.25) is 4.79 Å². The number of hydrogen-bond acceptors (Lipinski definition) is 2. The fraction of sp³-hybridized carbons (Fsp3) is 0.562. The van der Waals surface area contributed by atoms with Crippen LogP contribution in [0.1, 0.15) is 51.1 Å². The summed E-state index contributed by atoms with van der Waals surface area (Å²) in [7, 11) is 0. The molecule has 1 saturated carbocycles. The van der Waals surface area contributed by atoms with Gasteiger partial charge in [0.1, 0.15) is 0 Å². The van der Waals surface area contributed by atoms with E-state index in [0.717, 1.165) is 25.7 Å². The fourth-order valence-electron chi connectivity index (χ4n) is 2.54. The second-order valence-corrected chi connectivity index (χ2v) is 5.59. The number of rotatable bonds is 6. The molecule has 3 heteroatoms. The Kier molecular flexibility index (Phi) is 4.25.